The average molecular weight is 362 g/mol. The zero-order valence-corrected chi connectivity index (χ0v) is 14.6. The van der Waals surface area contributed by atoms with E-state index in [1.54, 1.807) is 11.3 Å². The maximum absolute atomic E-state index is 6.27. The van der Waals surface area contributed by atoms with Gasteiger partial charge in [-0.25, -0.2) is 9.97 Å². The Labute approximate surface area is 152 Å². The number of halogens is 1. The van der Waals surface area contributed by atoms with Crippen LogP contribution in [0.15, 0.2) is 66.7 Å². The minimum Gasteiger partial charge on any atom is -0.330 e. The largest absolute Gasteiger partial charge is 0.330 e. The van der Waals surface area contributed by atoms with Crippen molar-refractivity contribution in [2.24, 2.45) is 0 Å². The van der Waals surface area contributed by atoms with Crippen LogP contribution in [0, 0.1) is 0 Å². The van der Waals surface area contributed by atoms with Crippen molar-refractivity contribution in [3.63, 3.8) is 0 Å². The number of hydrogen-bond acceptors (Lipinski definition) is 4. The summed E-state index contributed by atoms with van der Waals surface area (Å²) in [5.74, 6) is 0. The van der Waals surface area contributed by atoms with Crippen LogP contribution < -0.4 is 5.32 Å². The second-order valence-corrected chi connectivity index (χ2v) is 7.19. The van der Waals surface area contributed by atoms with Gasteiger partial charge in [-0.15, -0.1) is 0 Å². The van der Waals surface area contributed by atoms with Gasteiger partial charge >= 0.3 is 0 Å². The second-order valence-electron chi connectivity index (χ2n) is 5.75. The second kappa shape index (κ2) is 5.69. The van der Waals surface area contributed by atoms with Gasteiger partial charge in [0.05, 0.1) is 26.4 Å². The third kappa shape index (κ3) is 2.42. The van der Waals surface area contributed by atoms with Gasteiger partial charge in [0.15, 0.2) is 5.13 Å². The zero-order valence-electron chi connectivity index (χ0n) is 13.0. The molecule has 0 aliphatic heterocycles. The fraction of sp³-hybridized carbons (Fsp3) is 0. The van der Waals surface area contributed by atoms with E-state index in [9.17, 15) is 0 Å². The molecule has 1 N–H and O–H groups in total. The van der Waals surface area contributed by atoms with E-state index >= 15 is 0 Å². The number of hydrogen-bond donors (Lipinski definition) is 1. The van der Waals surface area contributed by atoms with Crippen LogP contribution in [-0.2, 0) is 0 Å². The molecule has 0 aliphatic rings. The molecule has 5 heteroatoms. The normalized spacial score (nSPS) is 11.4. The van der Waals surface area contributed by atoms with Crippen LogP contribution in [0.2, 0.25) is 5.02 Å². The molecule has 120 valence electrons. The highest BCUT2D eigenvalue weighted by atomic mass is 35.5. The fourth-order valence-electron chi connectivity index (χ4n) is 3.05. The number of nitrogens with zero attached hydrogens (tertiary/aromatic N) is 2. The lowest BCUT2D eigenvalue weighted by Gasteiger charge is -2.11. The van der Waals surface area contributed by atoms with Crippen molar-refractivity contribution >= 4 is 65.8 Å². The summed E-state index contributed by atoms with van der Waals surface area (Å²) in [6.07, 6.45) is 0. The van der Waals surface area contributed by atoms with Gasteiger partial charge in [-0.3, -0.25) is 0 Å². The number of fused-ring (bicyclic) bond motifs is 3. The van der Waals surface area contributed by atoms with Gasteiger partial charge in [-0.1, -0.05) is 65.4 Å². The van der Waals surface area contributed by atoms with E-state index in [0.29, 0.717) is 5.02 Å². The molecule has 0 atom stereocenters. The van der Waals surface area contributed by atoms with Crippen LogP contribution in [-0.4, -0.2) is 9.97 Å². The lowest BCUT2D eigenvalue weighted by molar-refractivity contribution is 1.44. The lowest BCUT2D eigenvalue weighted by Crippen LogP contribution is -1.94. The molecule has 0 aliphatic carbocycles. The molecule has 5 aromatic rings. The van der Waals surface area contributed by atoms with E-state index in [0.717, 1.165) is 42.8 Å². The van der Waals surface area contributed by atoms with Crippen LogP contribution >= 0.6 is 22.9 Å². The molecule has 2 heterocycles. The Kier molecular flexibility index (Phi) is 3.33. The monoisotopic (exact) mass is 361 g/mol. The molecule has 0 amide bonds. The third-order valence-electron chi connectivity index (χ3n) is 4.19. The molecule has 0 bridgehead atoms. The maximum Gasteiger partial charge on any atom is 0.188 e. The average Bonchev–Trinajstić information content (AvgIpc) is 3.06. The smallest absolute Gasteiger partial charge is 0.188 e. The van der Waals surface area contributed by atoms with Crippen molar-refractivity contribution in [3.8, 4) is 0 Å². The van der Waals surface area contributed by atoms with Crippen LogP contribution in [0.25, 0.3) is 32.0 Å². The molecule has 0 spiro atoms. The molecule has 0 unspecified atom stereocenters. The first-order chi connectivity index (χ1) is 12.3. The summed E-state index contributed by atoms with van der Waals surface area (Å²) in [5.41, 5.74) is 3.78. The van der Waals surface area contributed by atoms with E-state index < -0.39 is 0 Å². The highest BCUT2D eigenvalue weighted by Crippen LogP contribution is 2.36. The number of anilines is 2. The molecular formula is C20H12ClN3S. The maximum atomic E-state index is 6.27. The molecule has 0 fully saturated rings. The Bertz CT molecular complexity index is 1190. The Morgan fingerprint density at radius 1 is 0.760 bits per heavy atom. The van der Waals surface area contributed by atoms with Crippen molar-refractivity contribution in [3.05, 3.63) is 71.8 Å². The standard InChI is InChI=1S/C20H12ClN3S/c21-14-8-5-11-17-19(14)24-20(25-17)23-18-12-6-1-3-9-15(12)22-16-10-4-2-7-13(16)18/h1-11H,(H,22,23,24). The first-order valence-corrected chi connectivity index (χ1v) is 9.08. The van der Waals surface area contributed by atoms with Gasteiger partial charge in [-0.05, 0) is 24.3 Å². The van der Waals surface area contributed by atoms with E-state index in [1.807, 2.05) is 54.6 Å². The van der Waals surface area contributed by atoms with Crippen LogP contribution in [0.3, 0.4) is 0 Å². The summed E-state index contributed by atoms with van der Waals surface area (Å²) < 4.78 is 1.07. The molecule has 2 aromatic heterocycles. The van der Waals surface area contributed by atoms with E-state index in [2.05, 4.69) is 22.4 Å². The summed E-state index contributed by atoms with van der Waals surface area (Å²) >= 11 is 7.87. The number of thiazole rings is 1. The molecular weight excluding hydrogens is 350 g/mol. The predicted molar refractivity (Wildman–Crippen MR) is 107 cm³/mol. The minimum absolute atomic E-state index is 0.672. The minimum atomic E-state index is 0.672. The van der Waals surface area contributed by atoms with Crippen LogP contribution in [0.4, 0.5) is 10.8 Å². The molecule has 0 saturated carbocycles. The highest BCUT2D eigenvalue weighted by molar-refractivity contribution is 7.22. The zero-order chi connectivity index (χ0) is 16.8. The molecule has 0 saturated heterocycles. The molecule has 3 nitrogen and oxygen atoms in total. The van der Waals surface area contributed by atoms with Crippen molar-refractivity contribution in [1.29, 1.82) is 0 Å². The number of pyridine rings is 1. The number of para-hydroxylation sites is 3. The van der Waals surface area contributed by atoms with Crippen molar-refractivity contribution in [2.45, 2.75) is 0 Å². The van der Waals surface area contributed by atoms with Gasteiger partial charge < -0.3 is 5.32 Å². The van der Waals surface area contributed by atoms with Crippen molar-refractivity contribution in [1.82, 2.24) is 9.97 Å². The number of nitrogens with one attached hydrogen (secondary N) is 1. The number of aromatic nitrogens is 2. The van der Waals surface area contributed by atoms with Gasteiger partial charge in [0, 0.05) is 10.8 Å². The Balaban J connectivity index is 1.76. The van der Waals surface area contributed by atoms with Gasteiger partial charge in [-0.2, -0.15) is 0 Å². The molecule has 5 rings (SSSR count). The van der Waals surface area contributed by atoms with Crippen LogP contribution in [0.1, 0.15) is 0 Å². The van der Waals surface area contributed by atoms with Crippen molar-refractivity contribution < 1.29 is 0 Å². The first-order valence-electron chi connectivity index (χ1n) is 7.89. The van der Waals surface area contributed by atoms with E-state index in [4.69, 9.17) is 16.6 Å². The predicted octanol–water partition coefficient (Wildman–Crippen LogP) is 6.39. The molecule has 0 radical (unpaired) electrons. The van der Waals surface area contributed by atoms with Crippen molar-refractivity contribution in [2.75, 3.05) is 5.32 Å². The molecule has 3 aromatic carbocycles. The quantitative estimate of drug-likeness (QED) is 0.370. The Hall–Kier alpha value is -2.69. The highest BCUT2D eigenvalue weighted by Gasteiger charge is 2.12. The van der Waals surface area contributed by atoms with E-state index in [1.165, 1.54) is 0 Å². The summed E-state index contributed by atoms with van der Waals surface area (Å²) in [5, 5.41) is 7.16. The van der Waals surface area contributed by atoms with Gasteiger partial charge in [0.25, 0.3) is 0 Å². The Morgan fingerprint density at radius 2 is 1.44 bits per heavy atom. The summed E-state index contributed by atoms with van der Waals surface area (Å²) in [6, 6.07) is 22.1. The molecule has 25 heavy (non-hydrogen) atoms. The summed E-state index contributed by atoms with van der Waals surface area (Å²) in [6.45, 7) is 0. The first kappa shape index (κ1) is 14.6. The SMILES string of the molecule is Clc1cccc2sc(Nc3c4ccccc4nc4ccccc34)nc12. The Morgan fingerprint density at radius 3 is 2.12 bits per heavy atom. The van der Waals surface area contributed by atoms with Gasteiger partial charge in [0.2, 0.25) is 0 Å². The fourth-order valence-corrected chi connectivity index (χ4v) is 4.22. The topological polar surface area (TPSA) is 37.8 Å². The number of rotatable bonds is 2. The lowest BCUT2D eigenvalue weighted by atomic mass is 10.1. The van der Waals surface area contributed by atoms with Gasteiger partial charge in [0.1, 0.15) is 5.52 Å². The third-order valence-corrected chi connectivity index (χ3v) is 5.43. The summed E-state index contributed by atoms with van der Waals surface area (Å²) in [7, 11) is 0. The summed E-state index contributed by atoms with van der Waals surface area (Å²) in [4.78, 5) is 9.43. The number of benzene rings is 3. The van der Waals surface area contributed by atoms with E-state index in [-0.39, 0.29) is 0 Å². The van der Waals surface area contributed by atoms with Crippen LogP contribution in [0.5, 0.6) is 0 Å².